The molecule has 0 aromatic heterocycles. The van der Waals surface area contributed by atoms with Crippen molar-refractivity contribution in [3.05, 3.63) is 65.7 Å². The fraction of sp³-hybridized carbons (Fsp3) is 0.576. The van der Waals surface area contributed by atoms with Gasteiger partial charge in [0.25, 0.3) is 0 Å². The smallest absolute Gasteiger partial charge is 0.239 e. The molecule has 0 fully saturated rings. The van der Waals surface area contributed by atoms with Crippen molar-refractivity contribution < 1.29 is 19.4 Å². The van der Waals surface area contributed by atoms with Gasteiger partial charge in [0, 0.05) is 20.1 Å². The maximum Gasteiger partial charge on any atom is 0.239 e. The molecule has 0 aliphatic rings. The number of carbonyl (C=O) groups excluding carboxylic acids is 2. The van der Waals surface area contributed by atoms with Crippen LogP contribution in [0.2, 0.25) is 0 Å². The van der Waals surface area contributed by atoms with Gasteiger partial charge < -0.3 is 35.5 Å². The molecule has 2 aromatic carbocycles. The molecule has 0 aliphatic heterocycles. The van der Waals surface area contributed by atoms with E-state index in [1.165, 1.54) is 11.1 Å². The number of aliphatic hydroxyl groups excluding tert-OH is 1. The molecule has 234 valence electrons. The molecule has 8 nitrogen and oxygen atoms in total. The van der Waals surface area contributed by atoms with Gasteiger partial charge >= 0.3 is 0 Å². The number of nitrogens with zero attached hydrogens (tertiary/aromatic N) is 1. The van der Waals surface area contributed by atoms with Gasteiger partial charge in [-0.25, -0.2) is 0 Å². The lowest BCUT2D eigenvalue weighted by atomic mass is 9.97. The zero-order valence-electron chi connectivity index (χ0n) is 27.1. The predicted octanol–water partition coefficient (Wildman–Crippen LogP) is 4.10. The van der Waals surface area contributed by atoms with E-state index in [1.54, 1.807) is 19.0 Å². The highest BCUT2D eigenvalue weighted by molar-refractivity contribution is 5.82. The van der Waals surface area contributed by atoms with E-state index < -0.39 is 0 Å². The lowest BCUT2D eigenvalue weighted by Gasteiger charge is -2.29. The Bertz CT molecular complexity index is 881. The third kappa shape index (κ3) is 20.7. The van der Waals surface area contributed by atoms with Gasteiger partial charge in [0.15, 0.2) is 0 Å². The van der Waals surface area contributed by atoms with E-state index >= 15 is 0 Å². The van der Waals surface area contributed by atoms with E-state index in [2.05, 4.69) is 68.8 Å². The molecule has 4 N–H and O–H groups in total. The zero-order chi connectivity index (χ0) is 31.5. The molecule has 0 bridgehead atoms. The average Bonchev–Trinajstić information content (AvgIpc) is 2.99. The maximum absolute atomic E-state index is 12.6. The summed E-state index contributed by atoms with van der Waals surface area (Å²) in [4.78, 5) is 23.5. The number of hydrogen-bond donors (Lipinski definition) is 4. The molecule has 1 amide bonds. The van der Waals surface area contributed by atoms with Gasteiger partial charge in [-0.3, -0.25) is 4.79 Å². The van der Waals surface area contributed by atoms with E-state index in [9.17, 15) is 9.59 Å². The highest BCUT2D eigenvalue weighted by atomic mass is 16.5. The second-order valence-corrected chi connectivity index (χ2v) is 9.73. The van der Waals surface area contributed by atoms with Crippen molar-refractivity contribution in [2.24, 2.45) is 5.92 Å². The van der Waals surface area contributed by atoms with Gasteiger partial charge in [0.2, 0.25) is 5.91 Å². The topological polar surface area (TPSA) is 103 Å². The van der Waals surface area contributed by atoms with Crippen molar-refractivity contribution in [3.8, 4) is 5.75 Å². The molecule has 0 saturated carbocycles. The quantitative estimate of drug-likeness (QED) is 0.252. The molecular weight excluding hydrogens is 516 g/mol. The van der Waals surface area contributed by atoms with E-state index in [-0.39, 0.29) is 30.6 Å². The Morgan fingerprint density at radius 2 is 1.59 bits per heavy atom. The first kappa shape index (κ1) is 40.4. The van der Waals surface area contributed by atoms with Gasteiger partial charge in [-0.15, -0.1) is 0 Å². The summed E-state index contributed by atoms with van der Waals surface area (Å²) in [5.41, 5.74) is 2.51. The molecule has 0 saturated heterocycles. The van der Waals surface area contributed by atoms with Gasteiger partial charge in [-0.1, -0.05) is 88.2 Å². The normalized spacial score (nSPS) is 12.0. The number of aryl methyl sites for hydroxylation is 2. The number of amides is 1. The molecule has 0 aliphatic carbocycles. The Balaban J connectivity index is 0. The number of ether oxygens (including phenoxy) is 1. The molecule has 2 rings (SSSR count). The first-order valence-corrected chi connectivity index (χ1v) is 14.7. The van der Waals surface area contributed by atoms with Crippen LogP contribution in [0, 0.1) is 12.8 Å². The number of hydrogen-bond acceptors (Lipinski definition) is 7. The average molecular weight is 575 g/mol. The van der Waals surface area contributed by atoms with E-state index in [1.807, 2.05) is 50.4 Å². The van der Waals surface area contributed by atoms with Crippen molar-refractivity contribution in [1.29, 1.82) is 0 Å². The number of benzene rings is 2. The highest BCUT2D eigenvalue weighted by Gasteiger charge is 2.26. The van der Waals surface area contributed by atoms with E-state index in [4.69, 9.17) is 9.84 Å². The lowest BCUT2D eigenvalue weighted by Crippen LogP contribution is -2.51. The van der Waals surface area contributed by atoms with Gasteiger partial charge in [0.1, 0.15) is 18.1 Å². The van der Waals surface area contributed by atoms with Crippen molar-refractivity contribution >= 4 is 12.2 Å². The molecule has 0 radical (unpaired) electrons. The van der Waals surface area contributed by atoms with Crippen LogP contribution in [-0.2, 0) is 16.0 Å². The summed E-state index contributed by atoms with van der Waals surface area (Å²) < 4.78 is 6.06. The summed E-state index contributed by atoms with van der Waals surface area (Å²) in [7, 11) is 5.39. The molecule has 0 heterocycles. The second-order valence-electron chi connectivity index (χ2n) is 9.73. The van der Waals surface area contributed by atoms with E-state index in [0.29, 0.717) is 19.6 Å². The second kappa shape index (κ2) is 27.4. The summed E-state index contributed by atoms with van der Waals surface area (Å²) in [6.45, 7) is 14.9. The van der Waals surface area contributed by atoms with Gasteiger partial charge in [-0.2, -0.15) is 0 Å². The SMILES string of the molecule is CCNC.CCc1ccccc1O[C@H](C)CNC(C(=O)N(C)CCO)C(C)CC.CNCC=O.Cc1ccccc1. The van der Waals surface area contributed by atoms with Crippen molar-refractivity contribution in [2.75, 3.05) is 53.9 Å². The number of carbonyl (C=O) groups is 2. The number of aliphatic hydroxyl groups is 1. The molecule has 2 aromatic rings. The summed E-state index contributed by atoms with van der Waals surface area (Å²) >= 11 is 0. The van der Waals surface area contributed by atoms with Crippen LogP contribution in [0.4, 0.5) is 0 Å². The Hall–Kier alpha value is -2.78. The molecule has 3 atom stereocenters. The zero-order valence-corrected chi connectivity index (χ0v) is 27.1. The van der Waals surface area contributed by atoms with Crippen LogP contribution in [0.3, 0.4) is 0 Å². The van der Waals surface area contributed by atoms with Crippen LogP contribution in [0.5, 0.6) is 5.75 Å². The minimum absolute atomic E-state index is 0.0181. The van der Waals surface area contributed by atoms with Gasteiger partial charge in [-0.05, 0) is 58.5 Å². The Labute approximate surface area is 250 Å². The summed E-state index contributed by atoms with van der Waals surface area (Å²) in [5.74, 6) is 1.14. The number of aldehydes is 1. The van der Waals surface area contributed by atoms with Crippen LogP contribution in [0.15, 0.2) is 54.6 Å². The first-order valence-electron chi connectivity index (χ1n) is 14.7. The first-order chi connectivity index (χ1) is 19.7. The summed E-state index contributed by atoms with van der Waals surface area (Å²) in [6.07, 6.45) is 2.61. The molecule has 41 heavy (non-hydrogen) atoms. The number of para-hydroxylation sites is 1. The van der Waals surface area contributed by atoms with Crippen LogP contribution < -0.4 is 20.7 Å². The number of likely N-dealkylation sites (N-methyl/N-ethyl adjacent to an activating group) is 2. The molecule has 2 unspecified atom stereocenters. The van der Waals surface area contributed by atoms with Crippen molar-refractivity contribution in [2.45, 2.75) is 66.5 Å². The standard InChI is InChI=1S/C20H34N2O3.C7H8.C3H7NO.C3H9N/c1-6-15(3)19(20(24)22(5)12-13-23)21-14-16(4)25-18-11-9-8-10-17(18)7-2;1-7-5-3-2-4-6-7;1-4-2-3-5;1-3-4-2/h8-11,15-16,19,21,23H,6-7,12-14H2,1-5H3;2-6H,1H3;3-4H,2H2,1H3;4H,3H2,1-2H3/t15?,16-,19?;;;/m1.../s1. The van der Waals surface area contributed by atoms with Gasteiger partial charge in [0.05, 0.1) is 19.2 Å². The van der Waals surface area contributed by atoms with Crippen LogP contribution in [-0.4, -0.2) is 88.3 Å². The summed E-state index contributed by atoms with van der Waals surface area (Å²) in [6, 6.07) is 18.0. The minimum Gasteiger partial charge on any atom is -0.489 e. The molecular formula is C33H58N4O4. The summed E-state index contributed by atoms with van der Waals surface area (Å²) in [5, 5.41) is 18.0. The van der Waals surface area contributed by atoms with E-state index in [0.717, 1.165) is 31.4 Å². The third-order valence-electron chi connectivity index (χ3n) is 6.18. The minimum atomic E-state index is -0.269. The van der Waals surface area contributed by atoms with Crippen molar-refractivity contribution in [1.82, 2.24) is 20.9 Å². The Morgan fingerprint density at radius 1 is 1.00 bits per heavy atom. The monoisotopic (exact) mass is 574 g/mol. The van der Waals surface area contributed by atoms with Crippen molar-refractivity contribution in [3.63, 3.8) is 0 Å². The number of nitrogens with one attached hydrogen (secondary N) is 3. The fourth-order valence-electron chi connectivity index (χ4n) is 3.35. The maximum atomic E-state index is 12.6. The number of rotatable bonds is 14. The molecule has 0 spiro atoms. The van der Waals surface area contributed by atoms with Crippen LogP contribution in [0.1, 0.15) is 52.2 Å². The highest BCUT2D eigenvalue weighted by Crippen LogP contribution is 2.20. The third-order valence-corrected chi connectivity index (χ3v) is 6.18. The molecule has 8 heteroatoms. The van der Waals surface area contributed by atoms with Crippen LogP contribution >= 0.6 is 0 Å². The lowest BCUT2D eigenvalue weighted by molar-refractivity contribution is -0.134. The predicted molar refractivity (Wildman–Crippen MR) is 173 cm³/mol. The fourth-order valence-corrected chi connectivity index (χ4v) is 3.35. The largest absolute Gasteiger partial charge is 0.489 e. The van der Waals surface area contributed by atoms with Crippen LogP contribution in [0.25, 0.3) is 0 Å². The Kier molecular flexibility index (Phi) is 27.0. The Morgan fingerprint density at radius 3 is 2.00 bits per heavy atom.